The average Bonchev–Trinajstić information content (AvgIpc) is 3.24. The molecule has 0 bridgehead atoms. The second-order valence-corrected chi connectivity index (χ2v) is 18.9. The topological polar surface area (TPSA) is 91.3 Å². The number of phosphoric ester groups is 1. The first kappa shape index (κ1) is 60.4. The Kier molecular flexibility index (Phi) is 44.1. The summed E-state index contributed by atoms with van der Waals surface area (Å²) >= 11 is 0. The first-order valence-corrected chi connectivity index (χ1v) is 26.5. The molecule has 0 rings (SSSR count). The Morgan fingerprint density at radius 1 is 0.492 bits per heavy atom. The SMILES string of the molecule is CC/C=C\C/C=C\C/C=C\C/C=C\CCCCCCCCCCCCCCC(=O)OC(COCCCCC/C=C\C/C=C\C/C=C\C/C=C\CC)COP(=O)(O)OCC[N+](C)(C)C. The Morgan fingerprint density at radius 2 is 0.873 bits per heavy atom. The van der Waals surface area contributed by atoms with Crippen molar-refractivity contribution in [2.24, 2.45) is 0 Å². The van der Waals surface area contributed by atoms with Crippen molar-refractivity contribution in [3.05, 3.63) is 97.2 Å². The summed E-state index contributed by atoms with van der Waals surface area (Å²) in [6, 6.07) is 0. The molecule has 0 spiro atoms. The monoisotopic (exact) mass is 901 g/mol. The number of quaternary nitrogens is 1. The second kappa shape index (κ2) is 46.0. The van der Waals surface area contributed by atoms with Gasteiger partial charge in [0.25, 0.3) is 0 Å². The summed E-state index contributed by atoms with van der Waals surface area (Å²) < 4.78 is 35.1. The number of allylic oxidation sites excluding steroid dienone is 16. The normalized spacial score (nSPS) is 14.4. The zero-order valence-electron chi connectivity index (χ0n) is 41.0. The fourth-order valence-electron chi connectivity index (χ4n) is 6.36. The lowest BCUT2D eigenvalue weighted by molar-refractivity contribution is -0.870. The molecule has 0 radical (unpaired) electrons. The molecule has 1 N–H and O–H groups in total. The molecule has 0 aliphatic heterocycles. The number of unbranched alkanes of at least 4 members (excludes halogenated alkanes) is 15. The average molecular weight is 901 g/mol. The van der Waals surface area contributed by atoms with E-state index in [9.17, 15) is 14.3 Å². The molecule has 0 heterocycles. The third-order valence-corrected chi connectivity index (χ3v) is 11.1. The third-order valence-electron chi connectivity index (χ3n) is 10.1. The van der Waals surface area contributed by atoms with Crippen LogP contribution in [0.4, 0.5) is 0 Å². The summed E-state index contributed by atoms with van der Waals surface area (Å²) in [4.78, 5) is 23.0. The van der Waals surface area contributed by atoms with E-state index in [0.29, 0.717) is 24.1 Å². The molecular weight excluding hydrogens is 806 g/mol. The maximum atomic E-state index is 12.8. The van der Waals surface area contributed by atoms with Crippen LogP contribution < -0.4 is 0 Å². The standard InChI is InChI=1S/C54H94NO7P/c1-6-8-10-12-14-16-18-20-22-24-25-26-27-28-29-30-31-32-33-35-37-39-41-43-45-47-54(56)62-53(52-61-63(57,58)60-50-48-55(3,4)5)51-59-49-46-44-42-40-38-36-34-23-21-19-17-15-13-11-9-7-2/h8-11,14-17,20-23,25-26,36,38,53H,6-7,12-13,18-19,24,27-35,37,39-52H2,1-5H3/p+1/b10-8-,11-9-,16-14-,17-15-,22-20-,23-21-,26-25-,38-36-. The van der Waals surface area contributed by atoms with E-state index < -0.39 is 13.9 Å². The molecule has 362 valence electrons. The van der Waals surface area contributed by atoms with Crippen molar-refractivity contribution in [1.82, 2.24) is 0 Å². The van der Waals surface area contributed by atoms with Crippen molar-refractivity contribution in [2.45, 2.75) is 187 Å². The molecule has 0 saturated heterocycles. The third kappa shape index (κ3) is 50.3. The molecule has 0 aliphatic rings. The van der Waals surface area contributed by atoms with Gasteiger partial charge in [-0.3, -0.25) is 13.8 Å². The number of likely N-dealkylation sites (N-methyl/N-ethyl adjacent to an activating group) is 1. The van der Waals surface area contributed by atoms with Crippen LogP contribution in [0.5, 0.6) is 0 Å². The van der Waals surface area contributed by atoms with Crippen molar-refractivity contribution in [2.75, 3.05) is 54.1 Å². The number of esters is 1. The summed E-state index contributed by atoms with van der Waals surface area (Å²) in [6.07, 6.45) is 63.1. The number of ether oxygens (including phenoxy) is 2. The van der Waals surface area contributed by atoms with Crippen molar-refractivity contribution in [1.29, 1.82) is 0 Å². The van der Waals surface area contributed by atoms with Gasteiger partial charge in [0.2, 0.25) is 0 Å². The molecule has 0 aromatic heterocycles. The Balaban J connectivity index is 4.18. The predicted molar refractivity (Wildman–Crippen MR) is 270 cm³/mol. The van der Waals surface area contributed by atoms with Gasteiger partial charge >= 0.3 is 13.8 Å². The van der Waals surface area contributed by atoms with Crippen molar-refractivity contribution < 1.29 is 37.3 Å². The Bertz CT molecular complexity index is 1320. The first-order valence-electron chi connectivity index (χ1n) is 25.0. The van der Waals surface area contributed by atoms with E-state index in [1.807, 2.05) is 21.1 Å². The van der Waals surface area contributed by atoms with Gasteiger partial charge < -0.3 is 18.9 Å². The van der Waals surface area contributed by atoms with Crippen LogP contribution in [0.25, 0.3) is 0 Å². The number of phosphoric acid groups is 1. The van der Waals surface area contributed by atoms with Gasteiger partial charge in [-0.25, -0.2) is 4.57 Å². The van der Waals surface area contributed by atoms with Crippen LogP contribution >= 0.6 is 7.82 Å². The van der Waals surface area contributed by atoms with E-state index in [4.69, 9.17) is 18.5 Å². The van der Waals surface area contributed by atoms with Crippen LogP contribution in [0.2, 0.25) is 0 Å². The van der Waals surface area contributed by atoms with Crippen LogP contribution in [0.15, 0.2) is 97.2 Å². The molecule has 0 aromatic carbocycles. The quantitative estimate of drug-likeness (QED) is 0.0214. The molecular formula is C54H95NO7P+. The molecule has 0 saturated carbocycles. The summed E-state index contributed by atoms with van der Waals surface area (Å²) in [5.41, 5.74) is 0. The van der Waals surface area contributed by atoms with E-state index in [0.717, 1.165) is 96.3 Å². The molecule has 2 unspecified atom stereocenters. The van der Waals surface area contributed by atoms with E-state index in [1.54, 1.807) is 0 Å². The van der Waals surface area contributed by atoms with Gasteiger partial charge in [-0.1, -0.05) is 182 Å². The highest BCUT2D eigenvalue weighted by molar-refractivity contribution is 7.47. The van der Waals surface area contributed by atoms with Crippen LogP contribution in [0.1, 0.15) is 181 Å². The molecule has 9 heteroatoms. The van der Waals surface area contributed by atoms with E-state index in [-0.39, 0.29) is 25.8 Å². The zero-order valence-corrected chi connectivity index (χ0v) is 41.9. The Hall–Kier alpha value is -2.58. The van der Waals surface area contributed by atoms with Gasteiger partial charge in [0, 0.05) is 13.0 Å². The predicted octanol–water partition coefficient (Wildman–Crippen LogP) is 15.4. The largest absolute Gasteiger partial charge is 0.472 e. The van der Waals surface area contributed by atoms with Crippen LogP contribution in [-0.2, 0) is 27.9 Å². The number of carbonyl (C=O) groups excluding carboxylic acids is 1. The summed E-state index contributed by atoms with van der Waals surface area (Å²) in [6.45, 7) is 5.30. The Labute approximate surface area is 387 Å². The maximum absolute atomic E-state index is 12.8. The van der Waals surface area contributed by atoms with Gasteiger partial charge in [-0.05, 0) is 89.9 Å². The highest BCUT2D eigenvalue weighted by atomic mass is 31.2. The molecule has 0 fully saturated rings. The van der Waals surface area contributed by atoms with Gasteiger partial charge in [0.15, 0.2) is 0 Å². The first-order chi connectivity index (χ1) is 30.6. The van der Waals surface area contributed by atoms with Crippen molar-refractivity contribution >= 4 is 13.8 Å². The molecule has 0 aromatic rings. The van der Waals surface area contributed by atoms with Crippen LogP contribution in [0, 0.1) is 0 Å². The van der Waals surface area contributed by atoms with Crippen LogP contribution in [0.3, 0.4) is 0 Å². The zero-order chi connectivity index (χ0) is 46.2. The molecule has 0 aliphatic carbocycles. The van der Waals surface area contributed by atoms with E-state index >= 15 is 0 Å². The number of rotatable bonds is 45. The summed E-state index contributed by atoms with van der Waals surface area (Å²) in [7, 11) is 1.63. The molecule has 0 amide bonds. The minimum atomic E-state index is -4.30. The number of hydrogen-bond donors (Lipinski definition) is 1. The summed E-state index contributed by atoms with van der Waals surface area (Å²) in [5, 5.41) is 0. The van der Waals surface area contributed by atoms with E-state index in [2.05, 4.69) is 111 Å². The lowest BCUT2D eigenvalue weighted by atomic mass is 10.0. The van der Waals surface area contributed by atoms with Gasteiger partial charge in [-0.2, -0.15) is 0 Å². The smallest absolute Gasteiger partial charge is 0.457 e. The van der Waals surface area contributed by atoms with Gasteiger partial charge in [0.1, 0.15) is 19.3 Å². The molecule has 8 nitrogen and oxygen atoms in total. The highest BCUT2D eigenvalue weighted by Gasteiger charge is 2.26. The van der Waals surface area contributed by atoms with Crippen molar-refractivity contribution in [3.8, 4) is 0 Å². The molecule has 63 heavy (non-hydrogen) atoms. The minimum Gasteiger partial charge on any atom is -0.457 e. The maximum Gasteiger partial charge on any atom is 0.472 e. The van der Waals surface area contributed by atoms with Crippen molar-refractivity contribution in [3.63, 3.8) is 0 Å². The van der Waals surface area contributed by atoms with Gasteiger partial charge in [-0.15, -0.1) is 0 Å². The van der Waals surface area contributed by atoms with Gasteiger partial charge in [0.05, 0.1) is 34.4 Å². The number of hydrogen-bond acceptors (Lipinski definition) is 6. The lowest BCUT2D eigenvalue weighted by Gasteiger charge is -2.24. The highest BCUT2D eigenvalue weighted by Crippen LogP contribution is 2.43. The number of carbonyl (C=O) groups is 1. The fraction of sp³-hybridized carbons (Fsp3) is 0.685. The summed E-state index contributed by atoms with van der Waals surface area (Å²) in [5.74, 6) is -0.331. The van der Waals surface area contributed by atoms with E-state index in [1.165, 1.54) is 64.2 Å². The Morgan fingerprint density at radius 3 is 1.30 bits per heavy atom. The second-order valence-electron chi connectivity index (χ2n) is 17.4. The minimum absolute atomic E-state index is 0.0767. The van der Waals surface area contributed by atoms with Crippen LogP contribution in [-0.4, -0.2) is 75.6 Å². The fourth-order valence-corrected chi connectivity index (χ4v) is 7.10. The lowest BCUT2D eigenvalue weighted by Crippen LogP contribution is -2.37. The molecule has 2 atom stereocenters. The number of nitrogens with zero attached hydrogens (tertiary/aromatic N) is 1.